The summed E-state index contributed by atoms with van der Waals surface area (Å²) in [5.74, 6) is -1.74. The van der Waals surface area contributed by atoms with E-state index in [9.17, 15) is 14.7 Å². The zero-order valence-corrected chi connectivity index (χ0v) is 18.4. The van der Waals surface area contributed by atoms with E-state index >= 15 is 0 Å². The van der Waals surface area contributed by atoms with Crippen molar-refractivity contribution < 1.29 is 14.7 Å². The maximum absolute atomic E-state index is 13.2. The highest BCUT2D eigenvalue weighted by atomic mass is 35.5. The van der Waals surface area contributed by atoms with E-state index in [0.717, 1.165) is 11.1 Å². The lowest BCUT2D eigenvalue weighted by molar-refractivity contribution is -0.132. The van der Waals surface area contributed by atoms with Crippen molar-refractivity contribution in [1.82, 2.24) is 0 Å². The Bertz CT molecular complexity index is 1210. The molecule has 31 heavy (non-hydrogen) atoms. The number of aliphatic hydroxyl groups excluding tert-OH is 1. The second-order valence-corrected chi connectivity index (χ2v) is 8.37. The largest absolute Gasteiger partial charge is 0.507 e. The first kappa shape index (κ1) is 21.2. The molecule has 1 amide bonds. The summed E-state index contributed by atoms with van der Waals surface area (Å²) in [7, 11) is 0. The molecule has 4 nitrogen and oxygen atoms in total. The number of Topliss-reactive ketones (excluding diaryl/α,β-unsaturated/α-hetero) is 1. The highest BCUT2D eigenvalue weighted by molar-refractivity contribution is 6.51. The molecule has 1 heterocycles. The van der Waals surface area contributed by atoms with Gasteiger partial charge < -0.3 is 5.11 Å². The summed E-state index contributed by atoms with van der Waals surface area (Å²) in [5, 5.41) is 11.7. The van der Waals surface area contributed by atoms with E-state index < -0.39 is 17.7 Å². The van der Waals surface area contributed by atoms with Gasteiger partial charge in [0.2, 0.25) is 0 Å². The molecule has 0 radical (unpaired) electrons. The quantitative estimate of drug-likeness (QED) is 0.291. The molecule has 1 fully saturated rings. The number of benzene rings is 3. The van der Waals surface area contributed by atoms with Gasteiger partial charge in [-0.1, -0.05) is 59.6 Å². The van der Waals surface area contributed by atoms with Crippen LogP contribution in [0.1, 0.15) is 28.3 Å². The molecular formula is C25H19Cl2NO3. The predicted octanol–water partition coefficient (Wildman–Crippen LogP) is 6.24. The van der Waals surface area contributed by atoms with Crippen LogP contribution in [0.3, 0.4) is 0 Å². The van der Waals surface area contributed by atoms with E-state index in [2.05, 4.69) is 0 Å². The molecule has 0 aromatic heterocycles. The highest BCUT2D eigenvalue weighted by Gasteiger charge is 2.47. The number of amides is 1. The lowest BCUT2D eigenvalue weighted by atomic mass is 9.95. The summed E-state index contributed by atoms with van der Waals surface area (Å²) in [6, 6.07) is 18.7. The number of nitrogens with zero attached hydrogens (tertiary/aromatic N) is 1. The van der Waals surface area contributed by atoms with Gasteiger partial charge in [0.05, 0.1) is 21.7 Å². The Kier molecular flexibility index (Phi) is 5.61. The minimum absolute atomic E-state index is 0.00810. The molecular weight excluding hydrogens is 433 g/mol. The Morgan fingerprint density at radius 3 is 2.13 bits per heavy atom. The van der Waals surface area contributed by atoms with Crippen molar-refractivity contribution in [3.63, 3.8) is 0 Å². The lowest BCUT2D eigenvalue weighted by Gasteiger charge is -2.26. The van der Waals surface area contributed by atoms with Crippen molar-refractivity contribution in [2.45, 2.75) is 19.9 Å². The Morgan fingerprint density at radius 1 is 0.871 bits per heavy atom. The molecule has 1 N–H and O–H groups in total. The van der Waals surface area contributed by atoms with E-state index in [1.807, 2.05) is 62.4 Å². The number of aryl methyl sites for hydroxylation is 2. The summed E-state index contributed by atoms with van der Waals surface area (Å²) in [4.78, 5) is 27.7. The van der Waals surface area contributed by atoms with Crippen LogP contribution in [0.25, 0.3) is 5.76 Å². The van der Waals surface area contributed by atoms with E-state index in [4.69, 9.17) is 23.2 Å². The number of carbonyl (C=O) groups excluding carboxylic acids is 2. The van der Waals surface area contributed by atoms with Gasteiger partial charge in [0.1, 0.15) is 5.76 Å². The van der Waals surface area contributed by atoms with Crippen molar-refractivity contribution in [3.05, 3.63) is 105 Å². The van der Waals surface area contributed by atoms with E-state index in [-0.39, 0.29) is 16.4 Å². The van der Waals surface area contributed by atoms with Crippen LogP contribution in [0, 0.1) is 13.8 Å². The third-order valence-electron chi connectivity index (χ3n) is 5.24. The fraction of sp³-hybridized carbons (Fsp3) is 0.120. The highest BCUT2D eigenvalue weighted by Crippen LogP contribution is 2.42. The first-order valence-corrected chi connectivity index (χ1v) is 10.4. The maximum Gasteiger partial charge on any atom is 0.300 e. The number of anilines is 1. The Balaban J connectivity index is 1.97. The molecule has 0 spiro atoms. The van der Waals surface area contributed by atoms with Gasteiger partial charge in [-0.2, -0.15) is 0 Å². The van der Waals surface area contributed by atoms with Crippen LogP contribution in [0.4, 0.5) is 5.69 Å². The molecule has 156 valence electrons. The van der Waals surface area contributed by atoms with Gasteiger partial charge in [-0.3, -0.25) is 14.5 Å². The van der Waals surface area contributed by atoms with Gasteiger partial charge in [-0.25, -0.2) is 0 Å². The Morgan fingerprint density at radius 2 is 1.52 bits per heavy atom. The number of carbonyl (C=O) groups is 2. The minimum atomic E-state index is -0.781. The smallest absolute Gasteiger partial charge is 0.300 e. The van der Waals surface area contributed by atoms with Crippen LogP contribution in [0.5, 0.6) is 0 Å². The standard InChI is InChI=1S/C25H19Cl2NO3/c1-14-10-15(2)12-18(11-14)28-22(16-6-4-3-5-7-16)21(24(30)25(28)31)23(29)17-8-9-19(26)20(27)13-17/h3-13,22,29H,1-2H3/b23-21-. The Labute approximate surface area is 190 Å². The average Bonchev–Trinajstić information content (AvgIpc) is 3.00. The number of aliphatic hydroxyl groups is 1. The fourth-order valence-corrected chi connectivity index (χ4v) is 4.24. The number of halogens is 2. The number of ketones is 1. The fourth-order valence-electron chi connectivity index (χ4n) is 3.94. The topological polar surface area (TPSA) is 57.6 Å². The van der Waals surface area contributed by atoms with E-state index in [1.165, 1.54) is 17.0 Å². The first-order valence-electron chi connectivity index (χ1n) is 9.67. The first-order chi connectivity index (χ1) is 14.8. The Hall–Kier alpha value is -3.08. The number of rotatable bonds is 3. The second kappa shape index (κ2) is 8.22. The second-order valence-electron chi connectivity index (χ2n) is 7.55. The summed E-state index contributed by atoms with van der Waals surface area (Å²) in [6.07, 6.45) is 0. The predicted molar refractivity (Wildman–Crippen MR) is 124 cm³/mol. The third kappa shape index (κ3) is 3.85. The molecule has 1 aliphatic heterocycles. The monoisotopic (exact) mass is 451 g/mol. The SMILES string of the molecule is Cc1cc(C)cc(N2C(=O)C(=O)/C(=C(\O)c3ccc(Cl)c(Cl)c3)C2c2ccccc2)c1. The zero-order valence-electron chi connectivity index (χ0n) is 16.9. The maximum atomic E-state index is 13.2. The lowest BCUT2D eigenvalue weighted by Crippen LogP contribution is -2.29. The third-order valence-corrected chi connectivity index (χ3v) is 5.98. The van der Waals surface area contributed by atoms with Gasteiger partial charge >= 0.3 is 0 Å². The van der Waals surface area contributed by atoms with Gasteiger partial charge in [0.15, 0.2) is 0 Å². The molecule has 6 heteroatoms. The van der Waals surface area contributed by atoms with Crippen LogP contribution in [-0.4, -0.2) is 16.8 Å². The van der Waals surface area contributed by atoms with Crippen LogP contribution >= 0.6 is 23.2 Å². The minimum Gasteiger partial charge on any atom is -0.507 e. The molecule has 4 rings (SSSR count). The summed E-state index contributed by atoms with van der Waals surface area (Å²) >= 11 is 12.1. The average molecular weight is 452 g/mol. The summed E-state index contributed by atoms with van der Waals surface area (Å²) in [5.41, 5.74) is 3.56. The molecule has 0 saturated carbocycles. The molecule has 1 aliphatic rings. The van der Waals surface area contributed by atoms with Crippen molar-refractivity contribution in [2.24, 2.45) is 0 Å². The molecule has 0 bridgehead atoms. The zero-order chi connectivity index (χ0) is 22.3. The number of hydrogen-bond acceptors (Lipinski definition) is 3. The van der Waals surface area contributed by atoms with Crippen molar-refractivity contribution >= 4 is 46.3 Å². The molecule has 0 aliphatic carbocycles. The van der Waals surface area contributed by atoms with Crippen molar-refractivity contribution in [2.75, 3.05) is 4.90 Å². The van der Waals surface area contributed by atoms with Crippen LogP contribution in [0.15, 0.2) is 72.3 Å². The van der Waals surface area contributed by atoms with Crippen molar-refractivity contribution in [1.29, 1.82) is 0 Å². The number of hydrogen-bond donors (Lipinski definition) is 1. The van der Waals surface area contributed by atoms with Crippen LogP contribution in [0.2, 0.25) is 10.0 Å². The molecule has 3 aromatic carbocycles. The van der Waals surface area contributed by atoms with E-state index in [1.54, 1.807) is 6.07 Å². The van der Waals surface area contributed by atoms with Gasteiger partial charge in [-0.05, 0) is 60.9 Å². The van der Waals surface area contributed by atoms with E-state index in [0.29, 0.717) is 21.8 Å². The summed E-state index contributed by atoms with van der Waals surface area (Å²) in [6.45, 7) is 3.86. The normalized spacial score (nSPS) is 17.9. The molecule has 1 atom stereocenters. The summed E-state index contributed by atoms with van der Waals surface area (Å²) < 4.78 is 0. The van der Waals surface area contributed by atoms with Gasteiger partial charge in [-0.15, -0.1) is 0 Å². The van der Waals surface area contributed by atoms with Crippen LogP contribution < -0.4 is 4.90 Å². The van der Waals surface area contributed by atoms with Gasteiger partial charge in [0, 0.05) is 11.3 Å². The van der Waals surface area contributed by atoms with Crippen molar-refractivity contribution in [3.8, 4) is 0 Å². The van der Waals surface area contributed by atoms with Gasteiger partial charge in [0.25, 0.3) is 11.7 Å². The molecule has 3 aromatic rings. The molecule has 1 saturated heterocycles. The molecule has 1 unspecified atom stereocenters. The van der Waals surface area contributed by atoms with Crippen LogP contribution in [-0.2, 0) is 9.59 Å².